The van der Waals surface area contributed by atoms with E-state index in [1.807, 2.05) is 17.0 Å². The van der Waals surface area contributed by atoms with Crippen molar-refractivity contribution in [2.75, 3.05) is 30.3 Å². The number of nitrogens with one attached hydrogen (secondary N) is 1. The van der Waals surface area contributed by atoms with E-state index in [4.69, 9.17) is 5.26 Å². The Hall–Kier alpha value is -3.66. The maximum atomic E-state index is 14.9. The molecule has 9 heteroatoms. The third-order valence-corrected chi connectivity index (χ3v) is 9.41. The third-order valence-electron chi connectivity index (χ3n) is 6.29. The number of nitriles is 1. The Kier molecular flexibility index (Phi) is 5.82. The lowest BCUT2D eigenvalue weighted by atomic mass is 10.0. The number of rotatable bonds is 4. The molecular weight excluding hydrogens is 452 g/mol. The summed E-state index contributed by atoms with van der Waals surface area (Å²) in [5.41, 5.74) is 1.77. The zero-order valence-corrected chi connectivity index (χ0v) is 19.2. The number of fused-ring (bicyclic) bond motifs is 1. The van der Waals surface area contributed by atoms with E-state index in [0.717, 1.165) is 16.8 Å². The summed E-state index contributed by atoms with van der Waals surface area (Å²) in [6.07, 6.45) is 2.85. The van der Waals surface area contributed by atoms with Crippen molar-refractivity contribution >= 4 is 29.4 Å². The number of anilines is 1. The molecule has 0 unspecified atom stereocenters. The van der Waals surface area contributed by atoms with Gasteiger partial charge >= 0.3 is 0 Å². The first kappa shape index (κ1) is 22.1. The summed E-state index contributed by atoms with van der Waals surface area (Å²) in [7, 11) is -2.69. The number of H-pyrrole nitrogens is 1. The molecule has 1 aliphatic rings. The average molecular weight is 474 g/mol. The quantitative estimate of drug-likeness (QED) is 0.441. The molecule has 2 N–H and O–H groups in total. The van der Waals surface area contributed by atoms with Gasteiger partial charge in [0.2, 0.25) is 0 Å². The Balaban J connectivity index is 1.38. The van der Waals surface area contributed by atoms with Crippen LogP contribution < -0.4 is 15.8 Å². The van der Waals surface area contributed by atoms with Gasteiger partial charge in [0.1, 0.15) is 17.7 Å². The fourth-order valence-electron chi connectivity index (χ4n) is 4.39. The molecule has 1 fully saturated rings. The predicted molar refractivity (Wildman–Crippen MR) is 131 cm³/mol. The number of halogens is 1. The Morgan fingerprint density at radius 2 is 1.88 bits per heavy atom. The van der Waals surface area contributed by atoms with Crippen molar-refractivity contribution in [1.29, 1.82) is 5.26 Å². The molecule has 4 aromatic rings. The molecule has 34 heavy (non-hydrogen) atoms. The second kappa shape index (κ2) is 8.94. The van der Waals surface area contributed by atoms with E-state index in [1.165, 1.54) is 12.3 Å². The SMILES string of the molecule is N#Cc1ccc(N2CC[P](O)(c3cc(Cc4n[nH]c(=O)c5ccccc45)ccc3F)CC2)nc1. The van der Waals surface area contributed by atoms with Crippen molar-refractivity contribution in [3.8, 4) is 6.07 Å². The number of pyridine rings is 1. The Morgan fingerprint density at radius 3 is 2.59 bits per heavy atom. The fraction of sp³-hybridized carbons (Fsp3) is 0.200. The first-order valence-electron chi connectivity index (χ1n) is 10.9. The summed E-state index contributed by atoms with van der Waals surface area (Å²) < 4.78 is 14.9. The van der Waals surface area contributed by atoms with Gasteiger partial charge in [0.25, 0.3) is 5.56 Å². The summed E-state index contributed by atoms with van der Waals surface area (Å²) in [4.78, 5) is 29.9. The highest BCUT2D eigenvalue weighted by atomic mass is 31.2. The smallest absolute Gasteiger partial charge is 0.272 e. The van der Waals surface area contributed by atoms with Crippen molar-refractivity contribution in [2.24, 2.45) is 0 Å². The number of aromatic nitrogens is 3. The number of benzene rings is 2. The van der Waals surface area contributed by atoms with Gasteiger partial charge in [0.15, 0.2) is 0 Å². The first-order chi connectivity index (χ1) is 16.5. The van der Waals surface area contributed by atoms with E-state index in [9.17, 15) is 14.1 Å². The maximum Gasteiger partial charge on any atom is 0.272 e. The summed E-state index contributed by atoms with van der Waals surface area (Å²) >= 11 is 0. The van der Waals surface area contributed by atoms with E-state index in [-0.39, 0.29) is 5.56 Å². The van der Waals surface area contributed by atoms with Crippen LogP contribution in [0.5, 0.6) is 0 Å². The van der Waals surface area contributed by atoms with Gasteiger partial charge in [-0.2, -0.15) is 10.4 Å². The standard InChI is InChI=1S/C25H22FN5O2P/c26-21-7-5-17(13-22-19-3-1-2-4-20(19)25(32)30-29-22)14-23(21)34(33)11-9-31(10-12-34)24-8-6-18(15-27)16-28-24/h1-8,14,16,33H,9-13H2,(H,30,32). The highest BCUT2D eigenvalue weighted by Crippen LogP contribution is 2.55. The molecule has 171 valence electrons. The van der Waals surface area contributed by atoms with Gasteiger partial charge in [-0.3, -0.25) is 4.79 Å². The minimum Gasteiger partial charge on any atom is -0.375 e. The third kappa shape index (κ3) is 4.16. The first-order valence-corrected chi connectivity index (χ1v) is 13.0. The molecule has 0 atom stereocenters. The van der Waals surface area contributed by atoms with Crippen LogP contribution in [0.15, 0.2) is 65.6 Å². The van der Waals surface area contributed by atoms with Gasteiger partial charge in [-0.1, -0.05) is 24.3 Å². The molecule has 0 spiro atoms. The highest BCUT2D eigenvalue weighted by Gasteiger charge is 2.35. The minimum atomic E-state index is -2.69. The molecule has 0 bridgehead atoms. The monoisotopic (exact) mass is 474 g/mol. The van der Waals surface area contributed by atoms with Gasteiger partial charge in [-0.15, -0.1) is 0 Å². The molecule has 5 rings (SSSR count). The molecule has 1 radical (unpaired) electrons. The van der Waals surface area contributed by atoms with Gasteiger partial charge in [0.05, 0.1) is 16.6 Å². The van der Waals surface area contributed by atoms with Crippen molar-refractivity contribution in [3.05, 3.63) is 93.8 Å². The van der Waals surface area contributed by atoms with Crippen LogP contribution >= 0.6 is 7.49 Å². The Labute approximate surface area is 195 Å². The zero-order chi connectivity index (χ0) is 23.7. The van der Waals surface area contributed by atoms with Gasteiger partial charge in [0, 0.05) is 56.2 Å². The van der Waals surface area contributed by atoms with Crippen LogP contribution in [-0.2, 0) is 6.42 Å². The molecule has 0 saturated carbocycles. The average Bonchev–Trinajstić information content (AvgIpc) is 2.87. The second-order valence-corrected chi connectivity index (χ2v) is 11.6. The molecule has 1 aliphatic heterocycles. The molecule has 0 aliphatic carbocycles. The van der Waals surface area contributed by atoms with Crippen LogP contribution in [-0.4, -0.2) is 45.5 Å². The van der Waals surface area contributed by atoms with Gasteiger partial charge < -0.3 is 9.79 Å². The molecule has 2 aromatic carbocycles. The predicted octanol–water partition coefficient (Wildman–Crippen LogP) is 2.99. The number of hydrogen-bond acceptors (Lipinski definition) is 6. The highest BCUT2D eigenvalue weighted by molar-refractivity contribution is 7.77. The molecule has 7 nitrogen and oxygen atoms in total. The van der Waals surface area contributed by atoms with Crippen LogP contribution in [0.1, 0.15) is 16.8 Å². The van der Waals surface area contributed by atoms with E-state index >= 15 is 0 Å². The minimum absolute atomic E-state index is 0.247. The van der Waals surface area contributed by atoms with E-state index in [0.29, 0.717) is 53.8 Å². The molecule has 2 aromatic heterocycles. The van der Waals surface area contributed by atoms with Gasteiger partial charge in [-0.05, 0) is 35.9 Å². The Morgan fingerprint density at radius 1 is 1.12 bits per heavy atom. The second-order valence-electron chi connectivity index (χ2n) is 8.38. The topological polar surface area (TPSA) is 106 Å². The van der Waals surface area contributed by atoms with E-state index < -0.39 is 13.3 Å². The Bertz CT molecular complexity index is 1460. The number of nitrogens with zero attached hydrogens (tertiary/aromatic N) is 4. The fourth-order valence-corrected chi connectivity index (χ4v) is 7.12. The van der Waals surface area contributed by atoms with Crippen LogP contribution in [0.2, 0.25) is 0 Å². The van der Waals surface area contributed by atoms with E-state index in [1.54, 1.807) is 36.4 Å². The molecular formula is C25H22FN5O2P. The van der Waals surface area contributed by atoms with E-state index in [2.05, 4.69) is 21.3 Å². The number of aromatic amines is 1. The summed E-state index contributed by atoms with van der Waals surface area (Å²) in [5, 5.41) is 17.4. The maximum absolute atomic E-state index is 14.9. The molecule has 3 heterocycles. The van der Waals surface area contributed by atoms with Crippen LogP contribution in [0.25, 0.3) is 10.8 Å². The van der Waals surface area contributed by atoms with Crippen LogP contribution in [0, 0.1) is 17.1 Å². The summed E-state index contributed by atoms with van der Waals surface area (Å²) in [6.45, 7) is 1.11. The molecule has 1 saturated heterocycles. The van der Waals surface area contributed by atoms with Crippen molar-refractivity contribution in [2.45, 2.75) is 6.42 Å². The summed E-state index contributed by atoms with van der Waals surface area (Å²) in [6, 6.07) is 17.7. The van der Waals surface area contributed by atoms with Crippen molar-refractivity contribution < 1.29 is 9.28 Å². The van der Waals surface area contributed by atoms with Crippen LogP contribution in [0.4, 0.5) is 10.2 Å². The lowest BCUT2D eigenvalue weighted by Crippen LogP contribution is -2.40. The lowest BCUT2D eigenvalue weighted by molar-refractivity contribution is 0.586. The van der Waals surface area contributed by atoms with Gasteiger partial charge in [-0.25, -0.2) is 14.5 Å². The molecule has 0 amide bonds. The zero-order valence-electron chi connectivity index (χ0n) is 18.3. The lowest BCUT2D eigenvalue weighted by Gasteiger charge is -2.40. The van der Waals surface area contributed by atoms with Crippen molar-refractivity contribution in [3.63, 3.8) is 0 Å². The van der Waals surface area contributed by atoms with Crippen LogP contribution in [0.3, 0.4) is 0 Å². The summed E-state index contributed by atoms with van der Waals surface area (Å²) in [5.74, 6) is 0.347. The number of hydrogen-bond donors (Lipinski definition) is 2. The normalized spacial score (nSPS) is 15.3. The van der Waals surface area contributed by atoms with Crippen molar-refractivity contribution in [1.82, 2.24) is 15.2 Å². The largest absolute Gasteiger partial charge is 0.375 e.